The third-order valence-electron chi connectivity index (χ3n) is 2.79. The summed E-state index contributed by atoms with van der Waals surface area (Å²) in [4.78, 5) is 43.9. The first-order valence-electron chi connectivity index (χ1n) is 6.67. The van der Waals surface area contributed by atoms with Crippen LogP contribution in [0.2, 0.25) is 0 Å². The first kappa shape index (κ1) is 16.7. The second kappa shape index (κ2) is 8.08. The van der Waals surface area contributed by atoms with Crippen LogP contribution in [0.4, 0.5) is 4.79 Å². The lowest BCUT2D eigenvalue weighted by molar-refractivity contribution is -0.145. The maximum Gasteiger partial charge on any atom is 0.326 e. The lowest BCUT2D eigenvalue weighted by Gasteiger charge is -2.13. The first-order valence-corrected chi connectivity index (χ1v) is 6.67. The molecule has 0 aliphatic heterocycles. The maximum absolute atomic E-state index is 11.4. The number of carbonyl (C=O) groups excluding carboxylic acids is 2. The molecule has 21 heavy (non-hydrogen) atoms. The molecule has 1 atom stereocenters. The van der Waals surface area contributed by atoms with E-state index in [9.17, 15) is 19.2 Å². The Morgan fingerprint density at radius 2 is 1.81 bits per heavy atom. The van der Waals surface area contributed by atoms with E-state index in [-0.39, 0.29) is 18.9 Å². The lowest BCUT2D eigenvalue weighted by Crippen LogP contribution is -2.47. The van der Waals surface area contributed by atoms with Crippen LogP contribution < -0.4 is 16.0 Å². The Balaban J connectivity index is 2.15. The predicted molar refractivity (Wildman–Crippen MR) is 70.6 cm³/mol. The van der Waals surface area contributed by atoms with Crippen LogP contribution >= 0.6 is 0 Å². The molecule has 0 spiro atoms. The zero-order valence-electron chi connectivity index (χ0n) is 11.4. The molecule has 1 rings (SSSR count). The molecular formula is C12H19N3O6. The Hall–Kier alpha value is -2.32. The molecule has 118 valence electrons. The fourth-order valence-corrected chi connectivity index (χ4v) is 1.56. The van der Waals surface area contributed by atoms with Crippen LogP contribution in [0.25, 0.3) is 0 Å². The van der Waals surface area contributed by atoms with Crippen molar-refractivity contribution in [1.82, 2.24) is 16.0 Å². The van der Waals surface area contributed by atoms with E-state index >= 15 is 0 Å². The zero-order valence-corrected chi connectivity index (χ0v) is 11.4. The number of nitrogens with one attached hydrogen (secondary N) is 3. The molecule has 0 heterocycles. The Labute approximate surface area is 121 Å². The van der Waals surface area contributed by atoms with Crippen LogP contribution in [0.15, 0.2) is 0 Å². The number of urea groups is 1. The Morgan fingerprint density at radius 3 is 2.33 bits per heavy atom. The summed E-state index contributed by atoms with van der Waals surface area (Å²) < 4.78 is 0. The van der Waals surface area contributed by atoms with E-state index in [2.05, 4.69) is 10.6 Å². The molecule has 0 radical (unpaired) electrons. The molecule has 9 nitrogen and oxygen atoms in total. The molecule has 0 aromatic rings. The summed E-state index contributed by atoms with van der Waals surface area (Å²) in [5, 5.41) is 24.5. The van der Waals surface area contributed by atoms with Crippen molar-refractivity contribution in [2.24, 2.45) is 0 Å². The van der Waals surface area contributed by atoms with Gasteiger partial charge in [-0.3, -0.25) is 9.59 Å². The van der Waals surface area contributed by atoms with Gasteiger partial charge in [-0.15, -0.1) is 0 Å². The first-order chi connectivity index (χ1) is 9.88. The summed E-state index contributed by atoms with van der Waals surface area (Å²) in [7, 11) is 0. The molecular weight excluding hydrogens is 282 g/mol. The van der Waals surface area contributed by atoms with Crippen LogP contribution in [0.3, 0.4) is 0 Å². The summed E-state index contributed by atoms with van der Waals surface area (Å²) in [5.41, 5.74) is 0. The third-order valence-corrected chi connectivity index (χ3v) is 2.79. The van der Waals surface area contributed by atoms with E-state index < -0.39 is 30.4 Å². The van der Waals surface area contributed by atoms with E-state index in [1.807, 2.05) is 5.32 Å². The Bertz CT molecular complexity index is 421. The number of carboxylic acid groups (broad SMARTS) is 2. The average Bonchev–Trinajstić information content (AvgIpc) is 3.17. The molecule has 0 aromatic heterocycles. The van der Waals surface area contributed by atoms with Gasteiger partial charge >= 0.3 is 18.0 Å². The van der Waals surface area contributed by atoms with Gasteiger partial charge in [0.1, 0.15) is 6.04 Å². The summed E-state index contributed by atoms with van der Waals surface area (Å²) in [6.07, 6.45) is 2.00. The monoisotopic (exact) mass is 301 g/mol. The van der Waals surface area contributed by atoms with E-state index in [0.29, 0.717) is 12.5 Å². The van der Waals surface area contributed by atoms with Gasteiger partial charge < -0.3 is 26.2 Å². The minimum atomic E-state index is -1.49. The van der Waals surface area contributed by atoms with Crippen molar-refractivity contribution in [3.8, 4) is 0 Å². The van der Waals surface area contributed by atoms with Crippen LogP contribution in [-0.4, -0.2) is 52.7 Å². The normalized spacial score (nSPS) is 14.9. The smallest absolute Gasteiger partial charge is 0.326 e. The van der Waals surface area contributed by atoms with E-state index in [0.717, 1.165) is 12.8 Å². The zero-order chi connectivity index (χ0) is 15.8. The van der Waals surface area contributed by atoms with Gasteiger partial charge in [-0.25, -0.2) is 9.59 Å². The number of carboxylic acids is 2. The van der Waals surface area contributed by atoms with Crippen molar-refractivity contribution >= 4 is 23.9 Å². The van der Waals surface area contributed by atoms with E-state index in [1.165, 1.54) is 0 Å². The van der Waals surface area contributed by atoms with Crippen LogP contribution in [-0.2, 0) is 14.4 Å². The molecule has 5 N–H and O–H groups in total. The fourth-order valence-electron chi connectivity index (χ4n) is 1.56. The second-order valence-corrected chi connectivity index (χ2v) is 4.83. The Kier molecular flexibility index (Phi) is 6.44. The number of aliphatic carboxylic acids is 2. The third kappa shape index (κ3) is 7.75. The number of rotatable bonds is 9. The number of hydrogen-bond donors (Lipinski definition) is 5. The molecule has 0 aromatic carbocycles. The highest BCUT2D eigenvalue weighted by atomic mass is 16.4. The molecule has 1 fully saturated rings. The maximum atomic E-state index is 11.4. The quantitative estimate of drug-likeness (QED) is 0.355. The van der Waals surface area contributed by atoms with E-state index in [1.54, 1.807) is 0 Å². The van der Waals surface area contributed by atoms with Gasteiger partial charge in [0.15, 0.2) is 0 Å². The average molecular weight is 301 g/mol. The SMILES string of the molecule is O=C(O)CC(NC(=O)NCCCC(=O)NC1CC1)C(=O)O. The summed E-state index contributed by atoms with van der Waals surface area (Å²) in [5.74, 6) is -2.81. The predicted octanol–water partition coefficient (Wildman–Crippen LogP) is -0.728. The molecule has 0 saturated heterocycles. The lowest BCUT2D eigenvalue weighted by atomic mass is 10.2. The molecule has 9 heteroatoms. The van der Waals surface area contributed by atoms with Crippen molar-refractivity contribution in [1.29, 1.82) is 0 Å². The van der Waals surface area contributed by atoms with Gasteiger partial charge in [-0.1, -0.05) is 0 Å². The number of amides is 3. The number of carbonyl (C=O) groups is 4. The summed E-state index contributed by atoms with van der Waals surface area (Å²) in [6.45, 7) is 0.198. The van der Waals surface area contributed by atoms with Crippen LogP contribution in [0.5, 0.6) is 0 Å². The molecule has 1 saturated carbocycles. The Morgan fingerprint density at radius 1 is 1.14 bits per heavy atom. The van der Waals surface area contributed by atoms with Crippen molar-refractivity contribution in [3.05, 3.63) is 0 Å². The van der Waals surface area contributed by atoms with Gasteiger partial charge in [-0.2, -0.15) is 0 Å². The minimum absolute atomic E-state index is 0.0750. The van der Waals surface area contributed by atoms with Gasteiger partial charge in [-0.05, 0) is 19.3 Å². The van der Waals surface area contributed by atoms with Crippen molar-refractivity contribution in [2.45, 2.75) is 44.2 Å². The van der Waals surface area contributed by atoms with Crippen molar-refractivity contribution in [2.75, 3.05) is 6.54 Å². The standard InChI is InChI=1S/C12H19N3O6/c16-9(14-7-3-4-7)2-1-5-13-12(21)15-8(11(19)20)6-10(17)18/h7-8H,1-6H2,(H,14,16)(H,17,18)(H,19,20)(H2,13,15,21). The van der Waals surface area contributed by atoms with E-state index in [4.69, 9.17) is 10.2 Å². The highest BCUT2D eigenvalue weighted by Crippen LogP contribution is 2.18. The van der Waals surface area contributed by atoms with Crippen LogP contribution in [0.1, 0.15) is 32.1 Å². The van der Waals surface area contributed by atoms with Gasteiger partial charge in [0.2, 0.25) is 5.91 Å². The topological polar surface area (TPSA) is 145 Å². The summed E-state index contributed by atoms with van der Waals surface area (Å²) >= 11 is 0. The summed E-state index contributed by atoms with van der Waals surface area (Å²) in [6, 6.07) is -1.96. The van der Waals surface area contributed by atoms with Crippen LogP contribution in [0, 0.1) is 0 Å². The number of hydrogen-bond acceptors (Lipinski definition) is 4. The molecule has 1 aliphatic rings. The fraction of sp³-hybridized carbons (Fsp3) is 0.667. The molecule has 1 unspecified atom stereocenters. The van der Waals surface area contributed by atoms with Crippen molar-refractivity contribution in [3.63, 3.8) is 0 Å². The highest BCUT2D eigenvalue weighted by Gasteiger charge is 2.23. The van der Waals surface area contributed by atoms with Gasteiger partial charge in [0.05, 0.1) is 6.42 Å². The highest BCUT2D eigenvalue weighted by molar-refractivity contribution is 5.86. The largest absolute Gasteiger partial charge is 0.481 e. The minimum Gasteiger partial charge on any atom is -0.481 e. The molecule has 0 bridgehead atoms. The molecule has 1 aliphatic carbocycles. The van der Waals surface area contributed by atoms with Gasteiger partial charge in [0, 0.05) is 19.0 Å². The van der Waals surface area contributed by atoms with Crippen molar-refractivity contribution < 1.29 is 29.4 Å². The second-order valence-electron chi connectivity index (χ2n) is 4.83. The van der Waals surface area contributed by atoms with Gasteiger partial charge in [0.25, 0.3) is 0 Å². The molecule has 3 amide bonds.